The summed E-state index contributed by atoms with van der Waals surface area (Å²) in [6, 6.07) is 20.9. The van der Waals surface area contributed by atoms with Gasteiger partial charge in [0.25, 0.3) is 0 Å². The van der Waals surface area contributed by atoms with Gasteiger partial charge in [0.1, 0.15) is 5.75 Å². The van der Waals surface area contributed by atoms with E-state index in [0.29, 0.717) is 37.6 Å². The summed E-state index contributed by atoms with van der Waals surface area (Å²) >= 11 is 0. The van der Waals surface area contributed by atoms with Crippen LogP contribution in [-0.2, 0) is 17.5 Å². The molecule has 1 aliphatic rings. The van der Waals surface area contributed by atoms with E-state index >= 15 is 0 Å². The molecule has 1 aromatic heterocycles. The summed E-state index contributed by atoms with van der Waals surface area (Å²) in [5, 5.41) is 0. The number of anilines is 1. The van der Waals surface area contributed by atoms with Crippen LogP contribution in [0.5, 0.6) is 5.75 Å². The number of unbranched alkanes of at least 4 members (excludes halogenated alkanes) is 2. The molecule has 3 aromatic carbocycles. The van der Waals surface area contributed by atoms with E-state index in [1.54, 1.807) is 0 Å². The highest BCUT2D eigenvalue weighted by Crippen LogP contribution is 2.31. The van der Waals surface area contributed by atoms with E-state index in [-0.39, 0.29) is 5.91 Å². The van der Waals surface area contributed by atoms with Crippen molar-refractivity contribution in [1.29, 1.82) is 0 Å². The van der Waals surface area contributed by atoms with Gasteiger partial charge in [-0.25, -0.2) is 4.98 Å². The van der Waals surface area contributed by atoms with Crippen molar-refractivity contribution in [2.75, 3.05) is 31.1 Å². The number of amides is 1. The molecule has 6 nitrogen and oxygen atoms in total. The molecule has 2 heterocycles. The third-order valence-corrected chi connectivity index (χ3v) is 7.79. The molecule has 0 N–H and O–H groups in total. The van der Waals surface area contributed by atoms with Gasteiger partial charge in [-0.05, 0) is 61.4 Å². The summed E-state index contributed by atoms with van der Waals surface area (Å²) in [4.78, 5) is 21.7. The zero-order chi connectivity index (χ0) is 29.7. The monoisotopic (exact) mass is 578 g/mol. The number of carbonyl (C=O) groups is 1. The van der Waals surface area contributed by atoms with Gasteiger partial charge in [-0.1, -0.05) is 50.1 Å². The fourth-order valence-electron chi connectivity index (χ4n) is 5.44. The zero-order valence-electron chi connectivity index (χ0n) is 24.1. The van der Waals surface area contributed by atoms with E-state index in [2.05, 4.69) is 17.9 Å². The average molecular weight is 579 g/mol. The molecule has 1 atom stereocenters. The molecule has 0 bridgehead atoms. The summed E-state index contributed by atoms with van der Waals surface area (Å²) in [7, 11) is 0. The number of imidazole rings is 1. The fraction of sp³-hybridized carbons (Fsp3) is 0.394. The van der Waals surface area contributed by atoms with Crippen molar-refractivity contribution in [3.63, 3.8) is 0 Å². The topological polar surface area (TPSA) is 50.6 Å². The minimum absolute atomic E-state index is 0.227. The van der Waals surface area contributed by atoms with Crippen LogP contribution in [0.15, 0.2) is 72.8 Å². The maximum absolute atomic E-state index is 13.2. The second kappa shape index (κ2) is 12.9. The average Bonchev–Trinajstić information content (AvgIpc) is 3.35. The number of benzene rings is 3. The number of nitrogens with zero attached hydrogens (tertiary/aromatic N) is 4. The number of fused-ring (bicyclic) bond motifs is 1. The second-order valence-corrected chi connectivity index (χ2v) is 10.8. The predicted molar refractivity (Wildman–Crippen MR) is 159 cm³/mol. The van der Waals surface area contributed by atoms with E-state index in [1.807, 2.05) is 58.9 Å². The largest absolute Gasteiger partial charge is 0.483 e. The van der Waals surface area contributed by atoms with Crippen LogP contribution in [0.25, 0.3) is 11.0 Å². The first-order chi connectivity index (χ1) is 20.2. The summed E-state index contributed by atoms with van der Waals surface area (Å²) < 4.78 is 47.8. The first kappa shape index (κ1) is 29.5. The van der Waals surface area contributed by atoms with Crippen molar-refractivity contribution >= 4 is 22.6 Å². The highest BCUT2D eigenvalue weighted by Gasteiger charge is 2.30. The molecule has 222 valence electrons. The third-order valence-electron chi connectivity index (χ3n) is 7.79. The van der Waals surface area contributed by atoms with Crippen molar-refractivity contribution < 1.29 is 22.7 Å². The van der Waals surface area contributed by atoms with Crippen LogP contribution < -0.4 is 9.64 Å². The van der Waals surface area contributed by atoms with Crippen LogP contribution in [0.2, 0.25) is 0 Å². The molecular weight excluding hydrogens is 541 g/mol. The van der Waals surface area contributed by atoms with Gasteiger partial charge in [0.15, 0.2) is 11.9 Å². The molecule has 5 rings (SSSR count). The van der Waals surface area contributed by atoms with Gasteiger partial charge in [-0.2, -0.15) is 13.2 Å². The predicted octanol–water partition coefficient (Wildman–Crippen LogP) is 7.47. The molecule has 4 aromatic rings. The number of piperazine rings is 1. The number of aromatic nitrogens is 2. The van der Waals surface area contributed by atoms with Crippen LogP contribution >= 0.6 is 0 Å². The van der Waals surface area contributed by atoms with Crippen LogP contribution in [0.1, 0.15) is 62.6 Å². The lowest BCUT2D eigenvalue weighted by atomic mass is 10.1. The van der Waals surface area contributed by atoms with Crippen molar-refractivity contribution in [1.82, 2.24) is 14.5 Å². The minimum Gasteiger partial charge on any atom is -0.483 e. The standard InChI is InChI=1S/C33H37F3N4O2/c1-3-4-6-11-31(41)39-20-18-38(19-21-39)27-16-17-29-30(22-27)40(23-25-12-14-26(15-13-25)33(34,35)36)32(37-29)24(2)42-28-9-7-5-8-10-28/h5,7-10,12-17,22,24H,3-4,6,11,18-21,23H2,1-2H3. The Balaban J connectivity index is 1.41. The van der Waals surface area contributed by atoms with Gasteiger partial charge in [-0.3, -0.25) is 4.79 Å². The number of rotatable bonds is 10. The van der Waals surface area contributed by atoms with E-state index in [9.17, 15) is 18.0 Å². The van der Waals surface area contributed by atoms with E-state index in [1.165, 1.54) is 12.1 Å². The molecule has 1 saturated heterocycles. The van der Waals surface area contributed by atoms with Crippen molar-refractivity contribution in [3.05, 3.63) is 89.7 Å². The Morgan fingerprint density at radius 2 is 1.67 bits per heavy atom. The molecule has 1 unspecified atom stereocenters. The highest BCUT2D eigenvalue weighted by molar-refractivity contribution is 5.81. The Labute approximate surface area is 244 Å². The number of hydrogen-bond donors (Lipinski definition) is 0. The minimum atomic E-state index is -4.39. The van der Waals surface area contributed by atoms with E-state index < -0.39 is 17.8 Å². The quantitative estimate of drug-likeness (QED) is 0.183. The molecule has 1 fully saturated rings. The van der Waals surface area contributed by atoms with Crippen molar-refractivity contribution in [2.45, 2.75) is 58.4 Å². The Bertz CT molecular complexity index is 1480. The van der Waals surface area contributed by atoms with E-state index in [0.717, 1.165) is 66.8 Å². The lowest BCUT2D eigenvalue weighted by molar-refractivity contribution is -0.137. The van der Waals surface area contributed by atoms with Gasteiger partial charge >= 0.3 is 6.18 Å². The summed E-state index contributed by atoms with van der Waals surface area (Å²) in [5.74, 6) is 1.62. The van der Waals surface area contributed by atoms with Gasteiger partial charge in [-0.15, -0.1) is 0 Å². The lowest BCUT2D eigenvalue weighted by Crippen LogP contribution is -2.48. The number of alkyl halides is 3. The SMILES string of the molecule is CCCCCC(=O)N1CCN(c2ccc3nc(C(C)Oc4ccccc4)n(Cc4ccc(C(F)(F)F)cc4)c3c2)CC1. The fourth-order valence-corrected chi connectivity index (χ4v) is 5.44. The van der Waals surface area contributed by atoms with Crippen molar-refractivity contribution in [2.24, 2.45) is 0 Å². The Hall–Kier alpha value is -4.01. The summed E-state index contributed by atoms with van der Waals surface area (Å²) in [6.45, 7) is 7.24. The molecule has 0 aliphatic carbocycles. The number of para-hydroxylation sites is 1. The van der Waals surface area contributed by atoms with Gasteiger partial charge in [0.2, 0.25) is 5.91 Å². The smallest absolute Gasteiger partial charge is 0.416 e. The molecule has 0 radical (unpaired) electrons. The van der Waals surface area contributed by atoms with Gasteiger partial charge in [0, 0.05) is 44.8 Å². The summed E-state index contributed by atoms with van der Waals surface area (Å²) in [5.41, 5.74) is 2.75. The Kier molecular flexibility index (Phi) is 9.04. The highest BCUT2D eigenvalue weighted by atomic mass is 19.4. The Morgan fingerprint density at radius 3 is 2.33 bits per heavy atom. The number of hydrogen-bond acceptors (Lipinski definition) is 4. The van der Waals surface area contributed by atoms with Crippen LogP contribution in [0.3, 0.4) is 0 Å². The zero-order valence-corrected chi connectivity index (χ0v) is 24.1. The van der Waals surface area contributed by atoms with Gasteiger partial charge < -0.3 is 19.1 Å². The maximum atomic E-state index is 13.2. The van der Waals surface area contributed by atoms with Crippen LogP contribution in [-0.4, -0.2) is 46.5 Å². The maximum Gasteiger partial charge on any atom is 0.416 e. The van der Waals surface area contributed by atoms with Crippen LogP contribution in [0.4, 0.5) is 18.9 Å². The number of ether oxygens (including phenoxy) is 1. The molecule has 42 heavy (non-hydrogen) atoms. The first-order valence-corrected chi connectivity index (χ1v) is 14.6. The van der Waals surface area contributed by atoms with Crippen LogP contribution in [0, 0.1) is 0 Å². The van der Waals surface area contributed by atoms with Crippen molar-refractivity contribution in [3.8, 4) is 5.75 Å². The first-order valence-electron chi connectivity index (χ1n) is 14.6. The normalized spacial score (nSPS) is 14.8. The Morgan fingerprint density at radius 1 is 0.952 bits per heavy atom. The van der Waals surface area contributed by atoms with E-state index in [4.69, 9.17) is 9.72 Å². The lowest BCUT2D eigenvalue weighted by Gasteiger charge is -2.36. The number of halogens is 3. The molecule has 0 spiro atoms. The molecule has 1 aliphatic heterocycles. The molecule has 0 saturated carbocycles. The molecule has 1 amide bonds. The molecule has 9 heteroatoms. The second-order valence-electron chi connectivity index (χ2n) is 10.8. The number of carbonyl (C=O) groups excluding carboxylic acids is 1. The van der Waals surface area contributed by atoms with Gasteiger partial charge in [0.05, 0.1) is 16.6 Å². The third kappa shape index (κ3) is 6.89. The summed E-state index contributed by atoms with van der Waals surface area (Å²) in [6.07, 6.45) is -1.08. The molecular formula is C33H37F3N4O2.